The molecule has 0 saturated carbocycles. The van der Waals surface area contributed by atoms with Crippen LogP contribution in [0.15, 0.2) is 42.5 Å². The predicted molar refractivity (Wildman–Crippen MR) is 112 cm³/mol. The van der Waals surface area contributed by atoms with E-state index >= 15 is 0 Å². The van der Waals surface area contributed by atoms with Crippen molar-refractivity contribution in [2.45, 2.75) is 26.2 Å². The lowest BCUT2D eigenvalue weighted by Gasteiger charge is -2.34. The first-order chi connectivity index (χ1) is 14.1. The first-order valence-electron chi connectivity index (χ1n) is 10.1. The van der Waals surface area contributed by atoms with Crippen LogP contribution in [-0.4, -0.2) is 37.1 Å². The molecule has 0 atom stereocenters. The summed E-state index contributed by atoms with van der Waals surface area (Å²) in [6, 6.07) is 13.2. The van der Waals surface area contributed by atoms with Gasteiger partial charge < -0.3 is 14.5 Å². The van der Waals surface area contributed by atoms with Crippen molar-refractivity contribution in [2.75, 3.05) is 36.0 Å². The number of carbonyl (C=O) groups excluding carboxylic acids is 1. The summed E-state index contributed by atoms with van der Waals surface area (Å²) in [5.41, 5.74) is 2.83. The average molecular weight is 395 g/mol. The van der Waals surface area contributed by atoms with Gasteiger partial charge in [-0.3, -0.25) is 14.9 Å². The van der Waals surface area contributed by atoms with E-state index in [1.807, 2.05) is 34.9 Å². The Bertz CT molecular complexity index is 922. The van der Waals surface area contributed by atoms with E-state index in [0.717, 1.165) is 18.7 Å². The Hall–Kier alpha value is -3.09. The fraction of sp³-hybridized carbons (Fsp3) is 0.409. The van der Waals surface area contributed by atoms with E-state index in [4.69, 9.17) is 4.74 Å². The number of nitro benzene ring substituents is 1. The van der Waals surface area contributed by atoms with Gasteiger partial charge in [0.25, 0.3) is 0 Å². The lowest BCUT2D eigenvalue weighted by atomic mass is 9.94. The summed E-state index contributed by atoms with van der Waals surface area (Å²) in [6.45, 7) is 4.15. The Labute approximate surface area is 170 Å². The summed E-state index contributed by atoms with van der Waals surface area (Å²) in [6.07, 6.45) is 2.28. The van der Waals surface area contributed by atoms with Crippen molar-refractivity contribution in [3.63, 3.8) is 0 Å². The number of piperidine rings is 1. The van der Waals surface area contributed by atoms with Crippen LogP contribution in [0.1, 0.15) is 25.3 Å². The second-order valence-electron chi connectivity index (χ2n) is 7.44. The molecular formula is C22H25N3O4. The van der Waals surface area contributed by atoms with Gasteiger partial charge >= 0.3 is 5.69 Å². The number of benzene rings is 2. The van der Waals surface area contributed by atoms with Crippen molar-refractivity contribution in [1.29, 1.82) is 0 Å². The SMILES string of the molecule is CCOc1cccc(N2CCC(C(=O)N3CCc4ccccc43)CC2)c1[N+](=O)[O-]. The number of carbonyl (C=O) groups is 1. The Kier molecular flexibility index (Phi) is 5.38. The standard InChI is InChI=1S/C22H25N3O4/c1-2-29-20-9-5-8-19(21(20)25(27)28)23-13-10-17(11-14-23)22(26)24-15-12-16-6-3-4-7-18(16)24/h3-9,17H,2,10-15H2,1H3. The Balaban J connectivity index is 1.47. The van der Waals surface area contributed by atoms with Crippen molar-refractivity contribution in [1.82, 2.24) is 0 Å². The molecular weight excluding hydrogens is 370 g/mol. The molecule has 0 unspecified atom stereocenters. The highest BCUT2D eigenvalue weighted by atomic mass is 16.6. The van der Waals surface area contributed by atoms with E-state index in [9.17, 15) is 14.9 Å². The maximum atomic E-state index is 13.1. The smallest absolute Gasteiger partial charge is 0.333 e. The average Bonchev–Trinajstić information content (AvgIpc) is 3.17. The van der Waals surface area contributed by atoms with Crippen molar-refractivity contribution in [2.24, 2.45) is 5.92 Å². The van der Waals surface area contributed by atoms with Crippen LogP contribution in [0, 0.1) is 16.0 Å². The first-order valence-corrected chi connectivity index (χ1v) is 10.1. The molecule has 1 fully saturated rings. The zero-order valence-corrected chi connectivity index (χ0v) is 16.5. The third kappa shape index (κ3) is 3.64. The number of ether oxygens (including phenoxy) is 1. The van der Waals surface area contributed by atoms with Gasteiger partial charge in [-0.15, -0.1) is 0 Å². The molecule has 2 aromatic carbocycles. The maximum Gasteiger partial charge on any atom is 0.333 e. The third-order valence-corrected chi connectivity index (χ3v) is 5.80. The molecule has 0 N–H and O–H groups in total. The van der Waals surface area contributed by atoms with Gasteiger partial charge in [0.1, 0.15) is 5.69 Å². The van der Waals surface area contributed by atoms with Crippen molar-refractivity contribution in [3.8, 4) is 5.75 Å². The van der Waals surface area contributed by atoms with Gasteiger partial charge in [-0.25, -0.2) is 0 Å². The molecule has 0 spiro atoms. The summed E-state index contributed by atoms with van der Waals surface area (Å²) in [5.74, 6) is 0.417. The van der Waals surface area contributed by atoms with Gasteiger partial charge in [0.2, 0.25) is 5.91 Å². The van der Waals surface area contributed by atoms with Gasteiger partial charge in [0.05, 0.1) is 11.5 Å². The van der Waals surface area contributed by atoms with E-state index < -0.39 is 0 Å². The van der Waals surface area contributed by atoms with E-state index in [2.05, 4.69) is 6.07 Å². The molecule has 2 aliphatic rings. The highest BCUT2D eigenvalue weighted by molar-refractivity contribution is 5.97. The van der Waals surface area contributed by atoms with Crippen LogP contribution < -0.4 is 14.5 Å². The molecule has 2 aliphatic heterocycles. The number of anilines is 2. The Morgan fingerprint density at radius 1 is 1.10 bits per heavy atom. The number of nitrogens with zero attached hydrogens (tertiary/aromatic N) is 3. The quantitative estimate of drug-likeness (QED) is 0.569. The zero-order chi connectivity index (χ0) is 20.4. The molecule has 1 saturated heterocycles. The number of nitro groups is 1. The molecule has 0 aromatic heterocycles. The summed E-state index contributed by atoms with van der Waals surface area (Å²) in [5, 5.41) is 11.7. The highest BCUT2D eigenvalue weighted by Crippen LogP contribution is 2.39. The molecule has 29 heavy (non-hydrogen) atoms. The molecule has 0 bridgehead atoms. The molecule has 152 valence electrons. The van der Waals surface area contributed by atoms with Gasteiger partial charge in [0.15, 0.2) is 5.75 Å². The van der Waals surface area contributed by atoms with E-state index in [0.29, 0.717) is 44.0 Å². The summed E-state index contributed by atoms with van der Waals surface area (Å²) < 4.78 is 5.46. The zero-order valence-electron chi connectivity index (χ0n) is 16.5. The molecule has 1 amide bonds. The van der Waals surface area contributed by atoms with Crippen molar-refractivity contribution >= 4 is 23.0 Å². The van der Waals surface area contributed by atoms with Crippen LogP contribution in [0.2, 0.25) is 0 Å². The molecule has 2 aromatic rings. The number of amides is 1. The van der Waals surface area contributed by atoms with E-state index in [1.54, 1.807) is 18.2 Å². The summed E-state index contributed by atoms with van der Waals surface area (Å²) in [4.78, 5) is 28.3. The Morgan fingerprint density at radius 2 is 1.83 bits per heavy atom. The van der Waals surface area contributed by atoms with Crippen LogP contribution in [0.4, 0.5) is 17.1 Å². The molecule has 4 rings (SSSR count). The fourth-order valence-electron chi connectivity index (χ4n) is 4.38. The summed E-state index contributed by atoms with van der Waals surface area (Å²) in [7, 11) is 0. The maximum absolute atomic E-state index is 13.1. The van der Waals surface area contributed by atoms with Gasteiger partial charge in [-0.05, 0) is 49.9 Å². The minimum Gasteiger partial charge on any atom is -0.487 e. The topological polar surface area (TPSA) is 75.9 Å². The molecule has 2 heterocycles. The normalized spacial score (nSPS) is 16.6. The monoisotopic (exact) mass is 395 g/mol. The second-order valence-corrected chi connectivity index (χ2v) is 7.44. The van der Waals surface area contributed by atoms with Gasteiger partial charge in [0, 0.05) is 31.2 Å². The van der Waals surface area contributed by atoms with E-state index in [1.165, 1.54) is 5.56 Å². The lowest BCUT2D eigenvalue weighted by molar-refractivity contribution is -0.385. The number of para-hydroxylation sites is 2. The molecule has 0 aliphatic carbocycles. The summed E-state index contributed by atoms with van der Waals surface area (Å²) >= 11 is 0. The third-order valence-electron chi connectivity index (χ3n) is 5.80. The van der Waals surface area contributed by atoms with Crippen LogP contribution in [0.25, 0.3) is 0 Å². The lowest BCUT2D eigenvalue weighted by Crippen LogP contribution is -2.42. The number of rotatable bonds is 5. The largest absolute Gasteiger partial charge is 0.487 e. The number of hydrogen-bond acceptors (Lipinski definition) is 5. The number of hydrogen-bond donors (Lipinski definition) is 0. The van der Waals surface area contributed by atoms with Crippen LogP contribution in [-0.2, 0) is 11.2 Å². The minimum absolute atomic E-state index is 0.00703. The van der Waals surface area contributed by atoms with Crippen LogP contribution >= 0.6 is 0 Å². The first kappa shape index (κ1) is 19.2. The minimum atomic E-state index is -0.376. The van der Waals surface area contributed by atoms with E-state index in [-0.39, 0.29) is 22.4 Å². The van der Waals surface area contributed by atoms with Gasteiger partial charge in [-0.2, -0.15) is 0 Å². The number of fused-ring (bicyclic) bond motifs is 1. The van der Waals surface area contributed by atoms with Crippen molar-refractivity contribution in [3.05, 3.63) is 58.1 Å². The highest BCUT2D eigenvalue weighted by Gasteiger charge is 2.34. The van der Waals surface area contributed by atoms with Crippen LogP contribution in [0.3, 0.4) is 0 Å². The van der Waals surface area contributed by atoms with Crippen LogP contribution in [0.5, 0.6) is 5.75 Å². The fourth-order valence-corrected chi connectivity index (χ4v) is 4.38. The van der Waals surface area contributed by atoms with Gasteiger partial charge in [-0.1, -0.05) is 24.3 Å². The van der Waals surface area contributed by atoms with Crippen molar-refractivity contribution < 1.29 is 14.5 Å². The Morgan fingerprint density at radius 3 is 2.55 bits per heavy atom. The molecule has 7 heteroatoms. The molecule has 0 radical (unpaired) electrons. The predicted octanol–water partition coefficient (Wildman–Crippen LogP) is 3.80. The molecule has 7 nitrogen and oxygen atoms in total. The second kappa shape index (κ2) is 8.11.